The Morgan fingerprint density at radius 3 is 2.48 bits per heavy atom. The van der Waals surface area contributed by atoms with Crippen LogP contribution in [0.15, 0.2) is 47.6 Å². The van der Waals surface area contributed by atoms with Crippen molar-refractivity contribution in [2.45, 2.75) is 13.0 Å². The van der Waals surface area contributed by atoms with Crippen molar-refractivity contribution in [3.8, 4) is 6.07 Å². The Hall–Kier alpha value is -2.95. The SMILES string of the molecule is CC1COCC(N)=N1.FCP.N#Cc1ccc(C(=O)Nc2ccc(F)cc2)nc1. The molecule has 1 aliphatic heterocycles. The van der Waals surface area contributed by atoms with E-state index in [1.54, 1.807) is 0 Å². The predicted molar refractivity (Wildman–Crippen MR) is 111 cm³/mol. The number of rotatable bonds is 2. The number of halogens is 2. The van der Waals surface area contributed by atoms with Crippen LogP contribution in [0.25, 0.3) is 0 Å². The van der Waals surface area contributed by atoms with Gasteiger partial charge in [0.1, 0.15) is 36.4 Å². The summed E-state index contributed by atoms with van der Waals surface area (Å²) in [6, 6.07) is 10.5. The van der Waals surface area contributed by atoms with E-state index >= 15 is 0 Å². The van der Waals surface area contributed by atoms with Crippen molar-refractivity contribution in [2.24, 2.45) is 10.7 Å². The minimum atomic E-state index is -0.411. The number of pyridine rings is 1. The van der Waals surface area contributed by atoms with Crippen LogP contribution >= 0.6 is 9.24 Å². The number of nitrogens with zero attached hydrogens (tertiary/aromatic N) is 3. The predicted octanol–water partition coefficient (Wildman–Crippen LogP) is 2.90. The van der Waals surface area contributed by atoms with Crippen LogP contribution in [0.4, 0.5) is 14.5 Å². The average Bonchev–Trinajstić information content (AvgIpc) is 2.71. The number of aromatic nitrogens is 1. The van der Waals surface area contributed by atoms with Crippen LogP contribution in [0.5, 0.6) is 0 Å². The number of amidine groups is 1. The first-order chi connectivity index (χ1) is 13.9. The number of alkyl halides is 1. The summed E-state index contributed by atoms with van der Waals surface area (Å²) in [5, 5.41) is 11.2. The van der Waals surface area contributed by atoms with Gasteiger partial charge in [0.25, 0.3) is 5.91 Å². The number of nitrogens with two attached hydrogens (primary N) is 1. The summed E-state index contributed by atoms with van der Waals surface area (Å²) in [6.07, 6.45) is 0.986. The molecule has 2 atom stereocenters. The number of aliphatic imine (C=N–C) groups is 1. The number of carbonyl (C=O) groups is 1. The summed E-state index contributed by atoms with van der Waals surface area (Å²) >= 11 is 0. The number of nitriles is 1. The zero-order valence-electron chi connectivity index (χ0n) is 15.8. The Bertz CT molecular complexity index is 839. The molecule has 7 nitrogen and oxygen atoms in total. The van der Waals surface area contributed by atoms with E-state index in [-0.39, 0.29) is 24.0 Å². The van der Waals surface area contributed by atoms with Gasteiger partial charge in [0, 0.05) is 11.9 Å². The lowest BCUT2D eigenvalue weighted by molar-refractivity contribution is 0.102. The first-order valence-corrected chi connectivity index (χ1v) is 9.30. The molecule has 29 heavy (non-hydrogen) atoms. The molecule has 0 spiro atoms. The molecule has 2 unspecified atom stereocenters. The zero-order valence-corrected chi connectivity index (χ0v) is 17.0. The van der Waals surface area contributed by atoms with Gasteiger partial charge < -0.3 is 15.8 Å². The Kier molecular flexibility index (Phi) is 11.0. The van der Waals surface area contributed by atoms with Crippen LogP contribution in [0.3, 0.4) is 0 Å². The second-order valence-corrected chi connectivity index (χ2v) is 5.95. The van der Waals surface area contributed by atoms with Crippen LogP contribution < -0.4 is 11.1 Å². The van der Waals surface area contributed by atoms with Gasteiger partial charge in [-0.2, -0.15) is 5.26 Å². The third-order valence-corrected chi connectivity index (χ3v) is 3.22. The summed E-state index contributed by atoms with van der Waals surface area (Å²) in [7, 11) is 1.91. The van der Waals surface area contributed by atoms with Gasteiger partial charge in [-0.1, -0.05) is 0 Å². The second-order valence-electron chi connectivity index (χ2n) is 5.64. The molecule has 1 amide bonds. The van der Waals surface area contributed by atoms with E-state index in [4.69, 9.17) is 15.7 Å². The average molecular weight is 421 g/mol. The van der Waals surface area contributed by atoms with Crippen LogP contribution in [-0.2, 0) is 4.74 Å². The van der Waals surface area contributed by atoms with Gasteiger partial charge in [0.05, 0.1) is 18.2 Å². The maximum atomic E-state index is 12.7. The first kappa shape index (κ1) is 24.1. The maximum absolute atomic E-state index is 12.7. The standard InChI is InChI=1S/C13H8FN3O.C5H10N2O.CH4FP/c14-10-2-4-11(5-3-10)17-13(18)12-6-1-9(7-15)8-16-12;1-4-2-8-3-5(6)7-4;2-1-3/h1-6,8H,(H,17,18);4H,2-3H2,1H3,(H2,6,7);1,3H2. The monoisotopic (exact) mass is 421 g/mol. The molecule has 0 fully saturated rings. The van der Waals surface area contributed by atoms with Gasteiger partial charge in [0.2, 0.25) is 0 Å². The normalized spacial score (nSPS) is 14.7. The molecule has 1 aromatic carbocycles. The Labute approximate surface area is 170 Å². The van der Waals surface area contributed by atoms with Crippen molar-refractivity contribution in [2.75, 3.05) is 24.9 Å². The van der Waals surface area contributed by atoms with Crippen molar-refractivity contribution in [3.63, 3.8) is 0 Å². The molecule has 3 N–H and O–H groups in total. The van der Waals surface area contributed by atoms with Crippen molar-refractivity contribution in [1.82, 2.24) is 4.98 Å². The molecule has 3 rings (SSSR count). The molecule has 2 heterocycles. The largest absolute Gasteiger partial charge is 0.386 e. The molecule has 0 saturated carbocycles. The maximum Gasteiger partial charge on any atom is 0.274 e. The minimum Gasteiger partial charge on any atom is -0.386 e. The molecule has 2 aromatic rings. The van der Waals surface area contributed by atoms with E-state index in [9.17, 15) is 13.6 Å². The van der Waals surface area contributed by atoms with E-state index in [0.29, 0.717) is 30.3 Å². The first-order valence-electron chi connectivity index (χ1n) is 8.48. The number of anilines is 1. The van der Waals surface area contributed by atoms with Crippen LogP contribution in [0.2, 0.25) is 0 Å². The highest BCUT2D eigenvalue weighted by atomic mass is 31.0. The van der Waals surface area contributed by atoms with Gasteiger partial charge in [-0.25, -0.2) is 13.8 Å². The summed E-state index contributed by atoms with van der Waals surface area (Å²) in [5.74, 6) is -0.167. The number of ether oxygens (including phenoxy) is 1. The van der Waals surface area contributed by atoms with Crippen LogP contribution in [0, 0.1) is 17.1 Å². The lowest BCUT2D eigenvalue weighted by Gasteiger charge is -2.13. The van der Waals surface area contributed by atoms with E-state index in [2.05, 4.69) is 15.3 Å². The molecule has 0 saturated heterocycles. The molecule has 0 aliphatic carbocycles. The van der Waals surface area contributed by atoms with Crippen LogP contribution in [0.1, 0.15) is 23.0 Å². The summed E-state index contributed by atoms with van der Waals surface area (Å²) in [6.45, 7) is 3.19. The lowest BCUT2D eigenvalue weighted by Crippen LogP contribution is -2.29. The quantitative estimate of drug-likeness (QED) is 0.724. The summed E-state index contributed by atoms with van der Waals surface area (Å²) in [4.78, 5) is 19.7. The number of nitrogens with one attached hydrogen (secondary N) is 1. The van der Waals surface area contributed by atoms with Gasteiger partial charge in [-0.05, 0) is 43.3 Å². The van der Waals surface area contributed by atoms with Gasteiger partial charge >= 0.3 is 0 Å². The topological polar surface area (TPSA) is 113 Å². The highest BCUT2D eigenvalue weighted by Crippen LogP contribution is 2.10. The number of hydrogen-bond donors (Lipinski definition) is 2. The van der Waals surface area contributed by atoms with Crippen molar-refractivity contribution in [1.29, 1.82) is 5.26 Å². The number of hydrogen-bond acceptors (Lipinski definition) is 6. The zero-order chi connectivity index (χ0) is 21.6. The van der Waals surface area contributed by atoms with Gasteiger partial charge in [0.15, 0.2) is 0 Å². The van der Waals surface area contributed by atoms with Gasteiger partial charge in [-0.15, -0.1) is 9.24 Å². The third kappa shape index (κ3) is 9.70. The second kappa shape index (κ2) is 13.3. The Morgan fingerprint density at radius 1 is 1.38 bits per heavy atom. The molecule has 0 radical (unpaired) electrons. The summed E-state index contributed by atoms with van der Waals surface area (Å²) < 4.78 is 28.0. The van der Waals surface area contributed by atoms with Crippen molar-refractivity contribution < 1.29 is 18.3 Å². The minimum absolute atomic E-state index is 0.193. The Balaban J connectivity index is 0.000000317. The molecule has 1 aromatic heterocycles. The molecule has 0 bridgehead atoms. The number of carbonyl (C=O) groups excluding carboxylic acids is 1. The van der Waals surface area contributed by atoms with E-state index in [1.165, 1.54) is 42.6 Å². The molecule has 1 aliphatic rings. The van der Waals surface area contributed by atoms with E-state index in [0.717, 1.165) is 0 Å². The van der Waals surface area contributed by atoms with Crippen molar-refractivity contribution >= 4 is 26.7 Å². The number of benzene rings is 1. The smallest absolute Gasteiger partial charge is 0.274 e. The highest BCUT2D eigenvalue weighted by Gasteiger charge is 2.08. The van der Waals surface area contributed by atoms with Gasteiger partial charge in [-0.3, -0.25) is 9.79 Å². The summed E-state index contributed by atoms with van der Waals surface area (Å²) in [5.41, 5.74) is 6.40. The fourth-order valence-corrected chi connectivity index (χ4v) is 2.01. The highest BCUT2D eigenvalue weighted by molar-refractivity contribution is 7.16. The fourth-order valence-electron chi connectivity index (χ4n) is 2.01. The number of amides is 1. The third-order valence-electron chi connectivity index (χ3n) is 3.22. The van der Waals surface area contributed by atoms with E-state index in [1.807, 2.05) is 22.2 Å². The fraction of sp³-hybridized carbons (Fsp3) is 0.263. The lowest BCUT2D eigenvalue weighted by atomic mass is 10.2. The molecule has 154 valence electrons. The Morgan fingerprint density at radius 2 is 2.03 bits per heavy atom. The molecular formula is C19H22F2N5O2P. The molecular weight excluding hydrogens is 399 g/mol. The van der Waals surface area contributed by atoms with Crippen molar-refractivity contribution in [3.05, 3.63) is 59.7 Å². The molecule has 10 heteroatoms. The van der Waals surface area contributed by atoms with E-state index < -0.39 is 5.91 Å². The van der Waals surface area contributed by atoms with Crippen LogP contribution in [-0.4, -0.2) is 42.4 Å².